The van der Waals surface area contributed by atoms with Crippen molar-refractivity contribution >= 4 is 0 Å². The van der Waals surface area contributed by atoms with Crippen molar-refractivity contribution in [2.75, 3.05) is 6.54 Å². The number of ether oxygens (including phenoxy) is 1. The Bertz CT molecular complexity index is 442. The van der Waals surface area contributed by atoms with Crippen LogP contribution >= 0.6 is 0 Å². The molecular formula is C13H15N3O. The maximum atomic E-state index is 5.60. The van der Waals surface area contributed by atoms with Gasteiger partial charge in [-0.1, -0.05) is 0 Å². The van der Waals surface area contributed by atoms with E-state index >= 15 is 0 Å². The summed E-state index contributed by atoms with van der Waals surface area (Å²) in [6.07, 6.45) is 6.03. The normalized spacial score (nSPS) is 10.2. The first-order valence-corrected chi connectivity index (χ1v) is 5.55. The SMILES string of the molecule is NCCc1ccc(OCc2ccncc2)cn1. The summed E-state index contributed by atoms with van der Waals surface area (Å²) < 4.78 is 5.60. The van der Waals surface area contributed by atoms with E-state index in [9.17, 15) is 0 Å². The molecule has 0 radical (unpaired) electrons. The van der Waals surface area contributed by atoms with Crippen molar-refractivity contribution < 1.29 is 4.74 Å². The fourth-order valence-electron chi connectivity index (χ4n) is 1.44. The van der Waals surface area contributed by atoms with E-state index in [0.717, 1.165) is 23.4 Å². The zero-order chi connectivity index (χ0) is 11.9. The molecule has 0 aliphatic heterocycles. The maximum Gasteiger partial charge on any atom is 0.138 e. The molecule has 0 aliphatic rings. The van der Waals surface area contributed by atoms with Crippen LogP contribution < -0.4 is 10.5 Å². The predicted octanol–water partition coefficient (Wildman–Crippen LogP) is 1.56. The average Bonchev–Trinajstić information content (AvgIpc) is 2.40. The highest BCUT2D eigenvalue weighted by Crippen LogP contribution is 2.11. The molecule has 0 saturated carbocycles. The zero-order valence-electron chi connectivity index (χ0n) is 9.54. The molecule has 2 aromatic heterocycles. The second-order valence-electron chi connectivity index (χ2n) is 3.67. The molecule has 0 spiro atoms. The third-order valence-corrected chi connectivity index (χ3v) is 2.35. The number of nitrogens with zero attached hydrogens (tertiary/aromatic N) is 2. The third kappa shape index (κ3) is 3.53. The van der Waals surface area contributed by atoms with E-state index in [1.54, 1.807) is 18.6 Å². The second kappa shape index (κ2) is 5.96. The Morgan fingerprint density at radius 2 is 1.94 bits per heavy atom. The quantitative estimate of drug-likeness (QED) is 0.845. The van der Waals surface area contributed by atoms with E-state index in [2.05, 4.69) is 9.97 Å². The van der Waals surface area contributed by atoms with Gasteiger partial charge in [0.1, 0.15) is 12.4 Å². The highest BCUT2D eigenvalue weighted by atomic mass is 16.5. The molecule has 0 atom stereocenters. The highest BCUT2D eigenvalue weighted by molar-refractivity contribution is 5.21. The van der Waals surface area contributed by atoms with Crippen LogP contribution in [0.3, 0.4) is 0 Å². The van der Waals surface area contributed by atoms with Crippen LogP contribution in [0.1, 0.15) is 11.3 Å². The predicted molar refractivity (Wildman–Crippen MR) is 65.6 cm³/mol. The van der Waals surface area contributed by atoms with E-state index in [1.807, 2.05) is 24.3 Å². The highest BCUT2D eigenvalue weighted by Gasteiger charge is 1.97. The molecule has 2 N–H and O–H groups in total. The van der Waals surface area contributed by atoms with Gasteiger partial charge in [-0.05, 0) is 36.4 Å². The lowest BCUT2D eigenvalue weighted by molar-refractivity contribution is 0.304. The number of aromatic nitrogens is 2. The van der Waals surface area contributed by atoms with Crippen LogP contribution in [0, 0.1) is 0 Å². The third-order valence-electron chi connectivity index (χ3n) is 2.35. The van der Waals surface area contributed by atoms with Crippen LogP contribution in [0.4, 0.5) is 0 Å². The van der Waals surface area contributed by atoms with Crippen LogP contribution in [0.5, 0.6) is 5.75 Å². The Balaban J connectivity index is 1.91. The zero-order valence-corrected chi connectivity index (χ0v) is 9.54. The molecule has 2 rings (SSSR count). The van der Waals surface area contributed by atoms with Crippen molar-refractivity contribution in [3.8, 4) is 5.75 Å². The van der Waals surface area contributed by atoms with E-state index in [4.69, 9.17) is 10.5 Å². The lowest BCUT2D eigenvalue weighted by Crippen LogP contribution is -2.04. The van der Waals surface area contributed by atoms with Crippen LogP contribution in [0.25, 0.3) is 0 Å². The Hall–Kier alpha value is -1.94. The smallest absolute Gasteiger partial charge is 0.138 e. The van der Waals surface area contributed by atoms with Gasteiger partial charge in [0.05, 0.1) is 6.20 Å². The second-order valence-corrected chi connectivity index (χ2v) is 3.67. The van der Waals surface area contributed by atoms with Crippen LogP contribution in [-0.4, -0.2) is 16.5 Å². The van der Waals surface area contributed by atoms with E-state index < -0.39 is 0 Å². The largest absolute Gasteiger partial charge is 0.487 e. The summed E-state index contributed by atoms with van der Waals surface area (Å²) >= 11 is 0. The Kier molecular flexibility index (Phi) is 4.05. The fraction of sp³-hybridized carbons (Fsp3) is 0.231. The Morgan fingerprint density at radius 3 is 2.59 bits per heavy atom. The van der Waals surface area contributed by atoms with Gasteiger partial charge in [0.15, 0.2) is 0 Å². The molecule has 0 amide bonds. The van der Waals surface area contributed by atoms with Gasteiger partial charge < -0.3 is 10.5 Å². The molecule has 0 aliphatic carbocycles. The summed E-state index contributed by atoms with van der Waals surface area (Å²) in [6, 6.07) is 7.71. The molecule has 0 saturated heterocycles. The van der Waals surface area contributed by atoms with Gasteiger partial charge in [-0.2, -0.15) is 0 Å². The molecule has 88 valence electrons. The van der Waals surface area contributed by atoms with Gasteiger partial charge >= 0.3 is 0 Å². The van der Waals surface area contributed by atoms with Crippen molar-refractivity contribution in [2.24, 2.45) is 5.73 Å². The molecule has 2 aromatic rings. The monoisotopic (exact) mass is 229 g/mol. The van der Waals surface area contributed by atoms with Gasteiger partial charge in [-0.15, -0.1) is 0 Å². The number of hydrogen-bond donors (Lipinski definition) is 1. The van der Waals surface area contributed by atoms with Crippen LogP contribution in [0.2, 0.25) is 0 Å². The van der Waals surface area contributed by atoms with Gasteiger partial charge in [0, 0.05) is 24.5 Å². The number of nitrogens with two attached hydrogens (primary N) is 1. The average molecular weight is 229 g/mol. The van der Waals surface area contributed by atoms with Gasteiger partial charge in [0.25, 0.3) is 0 Å². The van der Waals surface area contributed by atoms with Gasteiger partial charge in [0.2, 0.25) is 0 Å². The molecular weight excluding hydrogens is 214 g/mol. The minimum Gasteiger partial charge on any atom is -0.487 e. The van der Waals surface area contributed by atoms with Crippen molar-refractivity contribution in [3.63, 3.8) is 0 Å². The minimum absolute atomic E-state index is 0.528. The summed E-state index contributed by atoms with van der Waals surface area (Å²) in [5.41, 5.74) is 7.53. The van der Waals surface area contributed by atoms with Crippen molar-refractivity contribution in [2.45, 2.75) is 13.0 Å². The van der Waals surface area contributed by atoms with Crippen molar-refractivity contribution in [1.29, 1.82) is 0 Å². The summed E-state index contributed by atoms with van der Waals surface area (Å²) in [7, 11) is 0. The molecule has 4 heteroatoms. The Morgan fingerprint density at radius 1 is 1.12 bits per heavy atom. The lowest BCUT2D eigenvalue weighted by atomic mass is 10.2. The first-order valence-electron chi connectivity index (χ1n) is 5.55. The molecule has 0 fully saturated rings. The summed E-state index contributed by atoms with van der Waals surface area (Å²) in [5, 5.41) is 0. The summed E-state index contributed by atoms with van der Waals surface area (Å²) in [4.78, 5) is 8.22. The molecule has 17 heavy (non-hydrogen) atoms. The molecule has 0 unspecified atom stereocenters. The number of rotatable bonds is 5. The summed E-state index contributed by atoms with van der Waals surface area (Å²) in [5.74, 6) is 0.766. The molecule has 4 nitrogen and oxygen atoms in total. The van der Waals surface area contributed by atoms with Crippen LogP contribution in [-0.2, 0) is 13.0 Å². The Labute approximate surface area is 100 Å². The van der Waals surface area contributed by atoms with E-state index in [1.165, 1.54) is 0 Å². The van der Waals surface area contributed by atoms with Gasteiger partial charge in [-0.25, -0.2) is 0 Å². The van der Waals surface area contributed by atoms with Gasteiger partial charge in [-0.3, -0.25) is 9.97 Å². The van der Waals surface area contributed by atoms with Crippen molar-refractivity contribution in [1.82, 2.24) is 9.97 Å². The van der Waals surface area contributed by atoms with E-state index in [0.29, 0.717) is 13.2 Å². The molecule has 0 bridgehead atoms. The first kappa shape index (κ1) is 11.5. The molecule has 2 heterocycles. The summed E-state index contributed by atoms with van der Waals surface area (Å²) in [6.45, 7) is 1.14. The van der Waals surface area contributed by atoms with Crippen molar-refractivity contribution in [3.05, 3.63) is 54.1 Å². The lowest BCUT2D eigenvalue weighted by Gasteiger charge is -2.06. The first-order chi connectivity index (χ1) is 8.38. The maximum absolute atomic E-state index is 5.60. The van der Waals surface area contributed by atoms with E-state index in [-0.39, 0.29) is 0 Å². The minimum atomic E-state index is 0.528. The standard InChI is InChI=1S/C13H15N3O/c14-6-3-12-1-2-13(9-16-12)17-10-11-4-7-15-8-5-11/h1-2,4-5,7-9H,3,6,10,14H2. The number of hydrogen-bond acceptors (Lipinski definition) is 4. The van der Waals surface area contributed by atoms with Crippen LogP contribution in [0.15, 0.2) is 42.9 Å². The molecule has 0 aromatic carbocycles. The fourth-order valence-corrected chi connectivity index (χ4v) is 1.44. The topological polar surface area (TPSA) is 61.0 Å². The number of pyridine rings is 2.